The molecule has 3 aromatic rings. The second-order valence-corrected chi connectivity index (χ2v) is 6.57. The van der Waals surface area contributed by atoms with E-state index in [4.69, 9.17) is 22.1 Å². The highest BCUT2D eigenvalue weighted by Gasteiger charge is 2.08. The van der Waals surface area contributed by atoms with Crippen molar-refractivity contribution in [2.24, 2.45) is 5.73 Å². The van der Waals surface area contributed by atoms with Gasteiger partial charge in [-0.1, -0.05) is 36.4 Å². The maximum Gasteiger partial charge on any atom is 0.247 e. The van der Waals surface area contributed by atoms with Crippen molar-refractivity contribution < 1.29 is 9.53 Å². The summed E-state index contributed by atoms with van der Waals surface area (Å²) in [5, 5.41) is 6.27. The number of nitrogens with one attached hydrogen (secondary N) is 2. The molecule has 0 saturated carbocycles. The lowest BCUT2D eigenvalue weighted by molar-refractivity contribution is -0.111. The molecule has 29 heavy (non-hydrogen) atoms. The minimum atomic E-state index is -0.304. The lowest BCUT2D eigenvalue weighted by Gasteiger charge is -2.11. The molecule has 3 rings (SSSR count). The average Bonchev–Trinajstić information content (AvgIpc) is 2.72. The summed E-state index contributed by atoms with van der Waals surface area (Å²) in [5.41, 5.74) is 8.22. The molecular formula is C22H21ClN4O2. The molecule has 148 valence electrons. The molecule has 0 aliphatic carbocycles. The number of hydrogen-bond donors (Lipinski definition) is 3. The lowest BCUT2D eigenvalue weighted by atomic mass is 10.1. The number of hydrogen-bond acceptors (Lipinski definition) is 5. The molecule has 1 heterocycles. The van der Waals surface area contributed by atoms with Crippen LogP contribution in [0.3, 0.4) is 0 Å². The van der Waals surface area contributed by atoms with Gasteiger partial charge < -0.3 is 21.1 Å². The standard InChI is InChI=1S/C22H21ClN4O2/c1-2-21(28)26-17-4-3-5-18(14-17)29-22-19(23)10-11-20(27-22)25-16-8-6-15(7-9-16)12-13-24/h2-11,14H,1,12-13,24H2,(H,25,27)(H,26,28). The number of benzene rings is 2. The van der Waals surface area contributed by atoms with Crippen LogP contribution >= 0.6 is 11.6 Å². The molecule has 4 N–H and O–H groups in total. The lowest BCUT2D eigenvalue weighted by Crippen LogP contribution is -2.07. The normalized spacial score (nSPS) is 10.3. The summed E-state index contributed by atoms with van der Waals surface area (Å²) in [6, 6.07) is 18.4. The van der Waals surface area contributed by atoms with E-state index >= 15 is 0 Å². The topological polar surface area (TPSA) is 89.3 Å². The van der Waals surface area contributed by atoms with Crippen molar-refractivity contribution in [3.05, 3.63) is 83.9 Å². The fourth-order valence-corrected chi connectivity index (χ4v) is 2.72. The van der Waals surface area contributed by atoms with Gasteiger partial charge in [0.1, 0.15) is 16.6 Å². The van der Waals surface area contributed by atoms with Gasteiger partial charge in [-0.05, 0) is 61.0 Å². The molecule has 0 unspecified atom stereocenters. The Morgan fingerprint density at radius 1 is 1.14 bits per heavy atom. The first-order chi connectivity index (χ1) is 14.1. The van der Waals surface area contributed by atoms with Gasteiger partial charge in [0.15, 0.2) is 0 Å². The number of nitrogens with zero attached hydrogens (tertiary/aromatic N) is 1. The zero-order chi connectivity index (χ0) is 20.6. The van der Waals surface area contributed by atoms with Gasteiger partial charge in [-0.2, -0.15) is 4.98 Å². The van der Waals surface area contributed by atoms with Crippen molar-refractivity contribution >= 4 is 34.7 Å². The molecule has 0 spiro atoms. The molecule has 2 aromatic carbocycles. The molecule has 1 amide bonds. The van der Waals surface area contributed by atoms with E-state index in [2.05, 4.69) is 22.2 Å². The summed E-state index contributed by atoms with van der Waals surface area (Å²) >= 11 is 6.24. The molecular weight excluding hydrogens is 388 g/mol. The van der Waals surface area contributed by atoms with Gasteiger partial charge in [0, 0.05) is 17.4 Å². The number of halogens is 1. The Morgan fingerprint density at radius 2 is 1.93 bits per heavy atom. The van der Waals surface area contributed by atoms with Gasteiger partial charge in [-0.3, -0.25) is 4.79 Å². The van der Waals surface area contributed by atoms with Crippen LogP contribution in [0.15, 0.2) is 73.3 Å². The smallest absolute Gasteiger partial charge is 0.247 e. The molecule has 0 saturated heterocycles. The number of ether oxygens (including phenoxy) is 1. The van der Waals surface area contributed by atoms with Crippen LogP contribution in [0.5, 0.6) is 11.6 Å². The van der Waals surface area contributed by atoms with Crippen molar-refractivity contribution in [3.8, 4) is 11.6 Å². The van der Waals surface area contributed by atoms with E-state index in [0.29, 0.717) is 28.8 Å². The predicted octanol–water partition coefficient (Wildman–Crippen LogP) is 4.90. The van der Waals surface area contributed by atoms with Gasteiger partial charge in [0.2, 0.25) is 11.8 Å². The van der Waals surface area contributed by atoms with Crippen molar-refractivity contribution in [2.75, 3.05) is 17.2 Å². The summed E-state index contributed by atoms with van der Waals surface area (Å²) in [6.07, 6.45) is 2.04. The van der Waals surface area contributed by atoms with Crippen molar-refractivity contribution in [1.29, 1.82) is 0 Å². The number of amides is 1. The molecule has 6 nitrogen and oxygen atoms in total. The zero-order valence-electron chi connectivity index (χ0n) is 15.7. The van der Waals surface area contributed by atoms with Crippen LogP contribution in [0.2, 0.25) is 5.02 Å². The van der Waals surface area contributed by atoms with Gasteiger partial charge >= 0.3 is 0 Å². The molecule has 0 radical (unpaired) electrons. The van der Waals surface area contributed by atoms with Crippen molar-refractivity contribution in [3.63, 3.8) is 0 Å². The van der Waals surface area contributed by atoms with E-state index in [1.807, 2.05) is 24.3 Å². The van der Waals surface area contributed by atoms with Crippen LogP contribution < -0.4 is 21.1 Å². The van der Waals surface area contributed by atoms with Gasteiger partial charge in [0.25, 0.3) is 0 Å². The average molecular weight is 409 g/mol. The Balaban J connectivity index is 1.74. The molecule has 0 atom stereocenters. The summed E-state index contributed by atoms with van der Waals surface area (Å²) < 4.78 is 5.82. The Morgan fingerprint density at radius 3 is 2.66 bits per heavy atom. The van der Waals surface area contributed by atoms with Gasteiger partial charge in [-0.15, -0.1) is 0 Å². The first kappa shape index (κ1) is 20.4. The van der Waals surface area contributed by atoms with Crippen molar-refractivity contribution in [1.82, 2.24) is 4.98 Å². The van der Waals surface area contributed by atoms with Gasteiger partial charge in [0.05, 0.1) is 0 Å². The highest BCUT2D eigenvalue weighted by atomic mass is 35.5. The Hall–Kier alpha value is -3.35. The Labute approximate surface area is 174 Å². The van der Waals surface area contributed by atoms with E-state index in [-0.39, 0.29) is 11.8 Å². The molecule has 1 aromatic heterocycles. The van der Waals surface area contributed by atoms with E-state index in [1.165, 1.54) is 11.6 Å². The van der Waals surface area contributed by atoms with E-state index in [1.54, 1.807) is 36.4 Å². The second kappa shape index (κ2) is 9.73. The Bertz CT molecular complexity index is 1010. The third-order valence-corrected chi connectivity index (χ3v) is 4.26. The SMILES string of the molecule is C=CC(=O)Nc1cccc(Oc2nc(Nc3ccc(CCN)cc3)ccc2Cl)c1. The summed E-state index contributed by atoms with van der Waals surface area (Å²) in [7, 11) is 0. The number of anilines is 3. The largest absolute Gasteiger partial charge is 0.437 e. The number of carbonyl (C=O) groups excluding carboxylic acids is 1. The van der Waals surface area contributed by atoms with Crippen LogP contribution in [-0.4, -0.2) is 17.4 Å². The second-order valence-electron chi connectivity index (χ2n) is 6.17. The van der Waals surface area contributed by atoms with E-state index in [9.17, 15) is 4.79 Å². The Kier molecular flexibility index (Phi) is 6.84. The third-order valence-electron chi connectivity index (χ3n) is 3.97. The number of aromatic nitrogens is 1. The minimum Gasteiger partial charge on any atom is -0.437 e. The predicted molar refractivity (Wildman–Crippen MR) is 117 cm³/mol. The minimum absolute atomic E-state index is 0.253. The van der Waals surface area contributed by atoms with Crippen LogP contribution in [0.4, 0.5) is 17.2 Å². The highest BCUT2D eigenvalue weighted by Crippen LogP contribution is 2.30. The molecule has 0 fully saturated rings. The first-order valence-electron chi connectivity index (χ1n) is 9.01. The fraction of sp³-hybridized carbons (Fsp3) is 0.0909. The highest BCUT2D eigenvalue weighted by molar-refractivity contribution is 6.31. The summed E-state index contributed by atoms with van der Waals surface area (Å²) in [5.74, 6) is 1.03. The number of nitrogens with two attached hydrogens (primary N) is 1. The third kappa shape index (κ3) is 5.81. The van der Waals surface area contributed by atoms with E-state index < -0.39 is 0 Å². The van der Waals surface area contributed by atoms with Crippen LogP contribution in [-0.2, 0) is 11.2 Å². The molecule has 0 aliphatic rings. The summed E-state index contributed by atoms with van der Waals surface area (Å²) in [4.78, 5) is 15.9. The molecule has 0 aliphatic heterocycles. The monoisotopic (exact) mass is 408 g/mol. The molecule has 7 heteroatoms. The first-order valence-corrected chi connectivity index (χ1v) is 9.39. The quantitative estimate of drug-likeness (QED) is 0.461. The maximum absolute atomic E-state index is 11.5. The maximum atomic E-state index is 11.5. The number of carbonyl (C=O) groups is 1. The van der Waals surface area contributed by atoms with E-state index in [0.717, 1.165) is 12.1 Å². The van der Waals surface area contributed by atoms with Crippen molar-refractivity contribution in [2.45, 2.75) is 6.42 Å². The zero-order valence-corrected chi connectivity index (χ0v) is 16.4. The van der Waals surface area contributed by atoms with Crippen LogP contribution in [0.25, 0.3) is 0 Å². The number of pyridine rings is 1. The summed E-state index contributed by atoms with van der Waals surface area (Å²) in [6.45, 7) is 4.05. The van der Waals surface area contributed by atoms with Crippen LogP contribution in [0, 0.1) is 0 Å². The molecule has 0 bridgehead atoms. The number of rotatable bonds is 8. The van der Waals surface area contributed by atoms with Crippen LogP contribution in [0.1, 0.15) is 5.56 Å². The van der Waals surface area contributed by atoms with Gasteiger partial charge in [-0.25, -0.2) is 0 Å². The fourth-order valence-electron chi connectivity index (χ4n) is 2.58.